The van der Waals surface area contributed by atoms with Crippen molar-refractivity contribution in [3.05, 3.63) is 80.6 Å². The van der Waals surface area contributed by atoms with Gasteiger partial charge in [-0.3, -0.25) is 34.3 Å². The van der Waals surface area contributed by atoms with Crippen LogP contribution in [0.25, 0.3) is 21.2 Å². The molecule has 7 rings (SSSR count). The normalized spacial score (nSPS) is 18.0. The van der Waals surface area contributed by atoms with Crippen LogP contribution >= 0.6 is 11.3 Å². The van der Waals surface area contributed by atoms with Gasteiger partial charge in [-0.05, 0) is 80.5 Å². The maximum atomic E-state index is 13.1. The number of nitrogens with zero attached hydrogens (tertiary/aromatic N) is 3. The number of rotatable bonds is 17. The minimum atomic E-state index is -3.02. The topological polar surface area (TPSA) is 211 Å². The van der Waals surface area contributed by atoms with Gasteiger partial charge < -0.3 is 30.6 Å². The van der Waals surface area contributed by atoms with Crippen molar-refractivity contribution in [1.29, 1.82) is 0 Å². The van der Waals surface area contributed by atoms with Crippen LogP contribution in [0.4, 0.5) is 5.69 Å². The number of thiophene rings is 1. The van der Waals surface area contributed by atoms with Crippen molar-refractivity contribution in [2.45, 2.75) is 89.8 Å². The van der Waals surface area contributed by atoms with Gasteiger partial charge in [0.1, 0.15) is 27.5 Å². The van der Waals surface area contributed by atoms with Crippen LogP contribution < -0.4 is 32.0 Å². The predicted molar refractivity (Wildman–Crippen MR) is 237 cm³/mol. The molecule has 2 saturated heterocycles. The van der Waals surface area contributed by atoms with E-state index in [1.54, 1.807) is 34.8 Å². The van der Waals surface area contributed by atoms with Crippen molar-refractivity contribution in [2.24, 2.45) is 17.8 Å². The number of hydrogen-bond acceptors (Lipinski definition) is 11. The van der Waals surface area contributed by atoms with E-state index in [4.69, 9.17) is 10.5 Å². The van der Waals surface area contributed by atoms with Gasteiger partial charge in [0.25, 0.3) is 17.4 Å². The van der Waals surface area contributed by atoms with Gasteiger partial charge in [-0.2, -0.15) is 0 Å². The zero-order chi connectivity index (χ0) is 43.3. The maximum Gasteiger partial charge on any atom is 0.259 e. The number of aromatic nitrogens is 1. The first-order valence-corrected chi connectivity index (χ1v) is 23.6. The van der Waals surface area contributed by atoms with E-state index in [1.807, 2.05) is 37.3 Å². The molecule has 2 fully saturated rings. The van der Waals surface area contributed by atoms with Crippen LogP contribution in [0.15, 0.2) is 58.4 Å². The van der Waals surface area contributed by atoms with Crippen molar-refractivity contribution in [2.75, 3.05) is 36.5 Å². The molecule has 17 heteroatoms. The lowest BCUT2D eigenvalue weighted by atomic mass is 10.0. The summed E-state index contributed by atoms with van der Waals surface area (Å²) in [5, 5.41) is 9.29. The van der Waals surface area contributed by atoms with Crippen molar-refractivity contribution < 1.29 is 32.3 Å². The molecule has 0 saturated carbocycles. The third kappa shape index (κ3) is 10.3. The summed E-state index contributed by atoms with van der Waals surface area (Å²) < 4.78 is 31.9. The highest BCUT2D eigenvalue weighted by atomic mass is 32.2. The summed E-state index contributed by atoms with van der Waals surface area (Å²) in [5.41, 5.74) is 11.2. The number of piperidine rings is 1. The number of amidine groups is 1. The average Bonchev–Trinajstić information content (AvgIpc) is 3.83. The number of carbonyl (C=O) groups excluding carboxylic acids is 4. The van der Waals surface area contributed by atoms with Crippen LogP contribution in [0.3, 0.4) is 0 Å². The Balaban J connectivity index is 0.808. The Morgan fingerprint density at radius 1 is 0.967 bits per heavy atom. The second-order valence-electron chi connectivity index (χ2n) is 16.1. The monoisotopic (exact) mass is 871 g/mol. The number of hydrogen-bond donors (Lipinski definition) is 4. The largest absolute Gasteiger partial charge is 0.484 e. The Morgan fingerprint density at radius 2 is 1.70 bits per heavy atom. The van der Waals surface area contributed by atoms with Gasteiger partial charge in [-0.25, -0.2) is 8.42 Å². The number of ether oxygens (including phenoxy) is 1. The average molecular weight is 872 g/mol. The van der Waals surface area contributed by atoms with E-state index in [0.29, 0.717) is 59.8 Å². The summed E-state index contributed by atoms with van der Waals surface area (Å²) >= 11 is 1.39. The van der Waals surface area contributed by atoms with Crippen LogP contribution in [-0.4, -0.2) is 90.6 Å². The third-order valence-corrected chi connectivity index (χ3v) is 14.5. The highest BCUT2D eigenvalue weighted by molar-refractivity contribution is 7.91. The van der Waals surface area contributed by atoms with E-state index in [9.17, 15) is 32.4 Å². The second-order valence-corrected chi connectivity index (χ2v) is 19.5. The molecule has 4 aromatic rings. The molecule has 0 radical (unpaired) electrons. The molecule has 4 amide bonds. The van der Waals surface area contributed by atoms with Crippen LogP contribution in [-0.2, 0) is 37.8 Å². The van der Waals surface area contributed by atoms with Gasteiger partial charge in [0.15, 0.2) is 6.61 Å². The summed E-state index contributed by atoms with van der Waals surface area (Å²) in [6.07, 6.45) is 9.23. The quantitative estimate of drug-likeness (QED) is 0.0503. The molecular formula is C44H53N7O8S2. The molecule has 3 aliphatic heterocycles. The van der Waals surface area contributed by atoms with Crippen LogP contribution in [0, 0.1) is 6.92 Å². The maximum absolute atomic E-state index is 13.1. The molecule has 324 valence electrons. The van der Waals surface area contributed by atoms with Crippen LogP contribution in [0.5, 0.6) is 5.75 Å². The highest BCUT2D eigenvalue weighted by Gasteiger charge is 2.39. The Kier molecular flexibility index (Phi) is 13.6. The zero-order valence-corrected chi connectivity index (χ0v) is 36.2. The van der Waals surface area contributed by atoms with Crippen molar-refractivity contribution >= 4 is 66.4 Å². The summed E-state index contributed by atoms with van der Waals surface area (Å²) in [6.45, 7) is 3.48. The Morgan fingerprint density at radius 3 is 2.44 bits per heavy atom. The lowest BCUT2D eigenvalue weighted by Crippen LogP contribution is -2.52. The molecule has 0 bridgehead atoms. The first-order chi connectivity index (χ1) is 29.3. The Hall–Kier alpha value is -5.55. The fourth-order valence-electron chi connectivity index (χ4n) is 8.18. The second kappa shape index (κ2) is 19.0. The Bertz CT molecular complexity index is 2530. The fourth-order valence-corrected chi connectivity index (χ4v) is 10.7. The lowest BCUT2D eigenvalue weighted by Gasteiger charge is -2.29. The summed E-state index contributed by atoms with van der Waals surface area (Å²) in [5.74, 6) is 0.00692. The summed E-state index contributed by atoms with van der Waals surface area (Å²) in [7, 11) is -1.31. The number of amides is 4. The zero-order valence-electron chi connectivity index (χ0n) is 34.6. The third-order valence-electron chi connectivity index (χ3n) is 11.6. The SMILES string of the molecule is Cc1cc(-c2cn(C)c(=O)c3cc(C(N)=NC4CCS(=O)(=O)CC4)sc23)ccc1OCC(=O)NCCCCCCCCNc1cccc2c1CN(C1CCC(=O)NC1=O)C2=O. The minimum absolute atomic E-state index is 0.0994. The van der Waals surface area contributed by atoms with E-state index in [-0.39, 0.29) is 53.9 Å². The molecule has 2 aromatic carbocycles. The van der Waals surface area contributed by atoms with Gasteiger partial charge in [-0.1, -0.05) is 37.8 Å². The van der Waals surface area contributed by atoms with E-state index in [2.05, 4.69) is 20.9 Å². The molecule has 5 N–H and O–H groups in total. The van der Waals surface area contributed by atoms with E-state index in [1.165, 1.54) is 11.3 Å². The number of pyridine rings is 1. The molecule has 1 atom stereocenters. The van der Waals surface area contributed by atoms with Crippen molar-refractivity contribution in [3.8, 4) is 16.9 Å². The van der Waals surface area contributed by atoms with Gasteiger partial charge >= 0.3 is 0 Å². The smallest absolute Gasteiger partial charge is 0.259 e. The predicted octanol–water partition coefficient (Wildman–Crippen LogP) is 4.57. The van der Waals surface area contributed by atoms with E-state index in [0.717, 1.165) is 77.7 Å². The number of nitrogens with two attached hydrogens (primary N) is 1. The van der Waals surface area contributed by atoms with Gasteiger partial charge in [0.05, 0.1) is 27.8 Å². The van der Waals surface area contributed by atoms with Gasteiger partial charge in [-0.15, -0.1) is 11.3 Å². The van der Waals surface area contributed by atoms with Crippen LogP contribution in [0.1, 0.15) is 90.6 Å². The number of carbonyl (C=O) groups is 4. The van der Waals surface area contributed by atoms with Gasteiger partial charge in [0, 0.05) is 66.4 Å². The van der Waals surface area contributed by atoms with Crippen molar-refractivity contribution in [1.82, 2.24) is 20.1 Å². The molecule has 15 nitrogen and oxygen atoms in total. The summed E-state index contributed by atoms with van der Waals surface area (Å²) in [6, 6.07) is 12.3. The number of aliphatic imine (C=N–C) groups is 1. The Labute approximate surface area is 359 Å². The number of aryl methyl sites for hydroxylation is 2. The number of benzene rings is 2. The van der Waals surface area contributed by atoms with Gasteiger partial charge in [0.2, 0.25) is 11.8 Å². The molecule has 5 heterocycles. The molecule has 1 unspecified atom stereocenters. The standard InChI is InChI=1S/C44H53N7O8S2/c1-27-22-28(32-24-50(2)43(55)31-23-37(60-40(31)32)41(45)48-29-16-20-61(57,58)21-17-29)12-14-36(27)59-26-39(53)47-19-8-6-4-3-5-7-18-46-34-11-9-10-30-33(34)25-51(44(30)56)35-13-15-38(52)49-42(35)54/h9-12,14,22-24,29,35,46H,3-8,13,15-21,25-26H2,1-2H3,(H2,45,48)(H,47,53)(H,49,52,54). The lowest BCUT2D eigenvalue weighted by molar-refractivity contribution is -0.137. The number of imide groups is 1. The van der Waals surface area contributed by atoms with Crippen molar-refractivity contribution in [3.63, 3.8) is 0 Å². The number of anilines is 1. The van der Waals surface area contributed by atoms with E-state index < -0.39 is 21.8 Å². The number of nitrogens with one attached hydrogen (secondary N) is 3. The molecular weight excluding hydrogens is 819 g/mol. The molecule has 61 heavy (non-hydrogen) atoms. The molecule has 2 aromatic heterocycles. The minimum Gasteiger partial charge on any atom is -0.484 e. The first kappa shape index (κ1) is 43.5. The highest BCUT2D eigenvalue weighted by Crippen LogP contribution is 2.36. The number of unbranched alkanes of at least 4 members (excludes halogenated alkanes) is 5. The first-order valence-electron chi connectivity index (χ1n) is 21.0. The molecule has 3 aliphatic rings. The fraction of sp³-hybridized carbons (Fsp3) is 0.455. The van der Waals surface area contributed by atoms with E-state index >= 15 is 0 Å². The summed E-state index contributed by atoms with van der Waals surface area (Å²) in [4.78, 5) is 69.6. The number of fused-ring (bicyclic) bond motifs is 2. The molecule has 0 spiro atoms. The molecule has 0 aliphatic carbocycles. The number of sulfone groups is 1. The van der Waals surface area contributed by atoms with Crippen LogP contribution in [0.2, 0.25) is 0 Å².